The Kier molecular flexibility index (Phi) is 6.14. The van der Waals surface area contributed by atoms with Crippen molar-refractivity contribution in [1.82, 2.24) is 9.97 Å². The number of halogens is 5. The zero-order valence-electron chi connectivity index (χ0n) is 12.0. The summed E-state index contributed by atoms with van der Waals surface area (Å²) in [5, 5.41) is 10.7. The normalized spacial score (nSPS) is 14.8. The van der Waals surface area contributed by atoms with E-state index in [0.717, 1.165) is 6.08 Å². The molecule has 0 amide bonds. The second-order valence-corrected chi connectivity index (χ2v) is 6.51. The summed E-state index contributed by atoms with van der Waals surface area (Å²) in [6.45, 7) is 0. The summed E-state index contributed by atoms with van der Waals surface area (Å²) in [6.07, 6.45) is -0.215. The van der Waals surface area contributed by atoms with E-state index in [9.17, 15) is 18.3 Å². The molecule has 1 aromatic heterocycles. The van der Waals surface area contributed by atoms with E-state index < -0.39 is 17.5 Å². The lowest BCUT2D eigenvalue weighted by Gasteiger charge is -2.26. The maximum absolute atomic E-state index is 13.3. The second kappa shape index (κ2) is 7.74. The fourth-order valence-electron chi connectivity index (χ4n) is 1.61. The molecule has 2 rings (SSSR count). The molecule has 24 heavy (non-hydrogen) atoms. The van der Waals surface area contributed by atoms with E-state index >= 15 is 0 Å². The highest BCUT2D eigenvalue weighted by Crippen LogP contribution is 2.36. The van der Waals surface area contributed by atoms with Crippen molar-refractivity contribution in [3.63, 3.8) is 0 Å². The molecule has 1 unspecified atom stereocenters. The van der Waals surface area contributed by atoms with Crippen molar-refractivity contribution < 1.29 is 18.3 Å². The predicted octanol–water partition coefficient (Wildman–Crippen LogP) is 4.88. The van der Waals surface area contributed by atoms with Gasteiger partial charge in [0.05, 0.1) is 10.0 Å². The molecule has 128 valence electrons. The van der Waals surface area contributed by atoms with Gasteiger partial charge in [-0.05, 0) is 29.8 Å². The lowest BCUT2D eigenvalue weighted by atomic mass is 10.0. The lowest BCUT2D eigenvalue weighted by molar-refractivity contribution is -0.230. The minimum atomic E-state index is -4.86. The van der Waals surface area contributed by atoms with Gasteiger partial charge in [0.25, 0.3) is 0 Å². The first-order valence-corrected chi connectivity index (χ1v) is 8.29. The third-order valence-electron chi connectivity index (χ3n) is 2.95. The first-order valence-electron chi connectivity index (χ1n) is 6.54. The summed E-state index contributed by atoms with van der Waals surface area (Å²) in [4.78, 5) is 7.64. The zero-order valence-corrected chi connectivity index (χ0v) is 14.3. The summed E-state index contributed by atoms with van der Waals surface area (Å²) in [6, 6.07) is 5.91. The Morgan fingerprint density at radius 2 is 1.79 bits per heavy atom. The molecule has 0 radical (unpaired) electrons. The Morgan fingerprint density at radius 1 is 1.12 bits per heavy atom. The van der Waals surface area contributed by atoms with Gasteiger partial charge in [-0.2, -0.15) is 13.2 Å². The fourth-order valence-corrected chi connectivity index (χ4v) is 2.80. The van der Waals surface area contributed by atoms with Crippen LogP contribution in [0.4, 0.5) is 13.2 Å². The molecule has 2 aromatic rings. The Morgan fingerprint density at radius 3 is 2.38 bits per heavy atom. The van der Waals surface area contributed by atoms with Crippen LogP contribution in [0.1, 0.15) is 5.56 Å². The van der Waals surface area contributed by atoms with Gasteiger partial charge in [0, 0.05) is 18.1 Å². The molecule has 0 fully saturated rings. The van der Waals surface area contributed by atoms with Gasteiger partial charge in [-0.3, -0.25) is 0 Å². The molecule has 0 spiro atoms. The van der Waals surface area contributed by atoms with Crippen LogP contribution in [0.15, 0.2) is 47.9 Å². The van der Waals surface area contributed by atoms with Crippen LogP contribution in [-0.4, -0.2) is 32.6 Å². The minimum absolute atomic E-state index is 0.142. The minimum Gasteiger partial charge on any atom is -0.376 e. The molecule has 0 saturated heterocycles. The van der Waals surface area contributed by atoms with E-state index in [1.807, 2.05) is 0 Å². The number of aromatic nitrogens is 2. The van der Waals surface area contributed by atoms with Crippen LogP contribution in [0.25, 0.3) is 6.08 Å². The molecule has 0 aliphatic rings. The summed E-state index contributed by atoms with van der Waals surface area (Å²) in [5.74, 6) is -0.682. The molecule has 1 atom stereocenters. The molecular formula is C15H11Cl2F3N2OS. The van der Waals surface area contributed by atoms with Gasteiger partial charge in [-0.15, -0.1) is 0 Å². The molecular weight excluding hydrogens is 384 g/mol. The van der Waals surface area contributed by atoms with E-state index in [-0.39, 0.29) is 15.2 Å². The number of aliphatic hydroxyl groups is 1. The molecule has 0 bridgehead atoms. The topological polar surface area (TPSA) is 46.0 Å². The molecule has 1 aromatic carbocycles. The molecule has 0 saturated carbocycles. The van der Waals surface area contributed by atoms with Crippen LogP contribution in [0.5, 0.6) is 0 Å². The van der Waals surface area contributed by atoms with Crippen molar-refractivity contribution in [3.8, 4) is 0 Å². The molecule has 1 N–H and O–H groups in total. The average molecular weight is 395 g/mol. The van der Waals surface area contributed by atoms with Gasteiger partial charge in [-0.1, -0.05) is 47.1 Å². The second-order valence-electron chi connectivity index (χ2n) is 4.75. The van der Waals surface area contributed by atoms with Gasteiger partial charge >= 0.3 is 6.18 Å². The van der Waals surface area contributed by atoms with Gasteiger partial charge in [0.2, 0.25) is 0 Å². The zero-order chi connectivity index (χ0) is 17.8. The quantitative estimate of drug-likeness (QED) is 0.579. The van der Waals surface area contributed by atoms with Crippen LogP contribution in [-0.2, 0) is 0 Å². The Balaban J connectivity index is 2.20. The first kappa shape index (κ1) is 19.1. The largest absolute Gasteiger partial charge is 0.421 e. The Hall–Kier alpha value is -1.28. The fraction of sp³-hybridized carbons (Fsp3) is 0.200. The smallest absolute Gasteiger partial charge is 0.376 e. The number of nitrogens with zero attached hydrogens (tertiary/aromatic N) is 2. The van der Waals surface area contributed by atoms with Crippen molar-refractivity contribution in [2.75, 3.05) is 5.75 Å². The highest BCUT2D eigenvalue weighted by atomic mass is 35.5. The molecule has 3 nitrogen and oxygen atoms in total. The summed E-state index contributed by atoms with van der Waals surface area (Å²) in [5.41, 5.74) is -2.66. The van der Waals surface area contributed by atoms with E-state index in [1.165, 1.54) is 30.6 Å². The van der Waals surface area contributed by atoms with E-state index in [0.29, 0.717) is 23.4 Å². The monoisotopic (exact) mass is 394 g/mol. The lowest BCUT2D eigenvalue weighted by Crippen LogP contribution is -2.45. The summed E-state index contributed by atoms with van der Waals surface area (Å²) < 4.78 is 39.8. The van der Waals surface area contributed by atoms with Gasteiger partial charge in [0.15, 0.2) is 10.8 Å². The van der Waals surface area contributed by atoms with Crippen LogP contribution < -0.4 is 0 Å². The maximum atomic E-state index is 13.3. The number of hydrogen-bond donors (Lipinski definition) is 1. The SMILES string of the molecule is OC(C=Cc1ccc(Cl)c(Cl)c1)(CSc1ncccn1)C(F)(F)F. The number of alkyl halides is 3. The number of hydrogen-bond acceptors (Lipinski definition) is 4. The Labute approximate surface area is 150 Å². The van der Waals surface area contributed by atoms with E-state index in [1.54, 1.807) is 6.07 Å². The molecule has 1 heterocycles. The third-order valence-corrected chi connectivity index (χ3v) is 4.74. The first-order chi connectivity index (χ1) is 11.2. The van der Waals surface area contributed by atoms with Crippen LogP contribution in [0.3, 0.4) is 0 Å². The predicted molar refractivity (Wildman–Crippen MR) is 89.3 cm³/mol. The van der Waals surface area contributed by atoms with Gasteiger partial charge < -0.3 is 5.11 Å². The van der Waals surface area contributed by atoms with Crippen LogP contribution in [0, 0.1) is 0 Å². The standard InChI is InChI=1S/C15H11Cl2F3N2OS/c16-11-3-2-10(8-12(11)17)4-5-14(23,15(18,19)20)9-24-13-21-6-1-7-22-13/h1-8,23H,9H2. The van der Waals surface area contributed by atoms with E-state index in [4.69, 9.17) is 23.2 Å². The van der Waals surface area contributed by atoms with Gasteiger partial charge in [-0.25, -0.2) is 9.97 Å². The van der Waals surface area contributed by atoms with Crippen LogP contribution in [0.2, 0.25) is 10.0 Å². The van der Waals surface area contributed by atoms with Crippen molar-refractivity contribution in [1.29, 1.82) is 0 Å². The van der Waals surface area contributed by atoms with Crippen molar-refractivity contribution in [2.24, 2.45) is 0 Å². The molecule has 0 aliphatic heterocycles. The molecule has 0 aliphatic carbocycles. The van der Waals surface area contributed by atoms with Crippen molar-refractivity contribution in [2.45, 2.75) is 16.9 Å². The molecule has 9 heteroatoms. The number of benzene rings is 1. The van der Waals surface area contributed by atoms with E-state index in [2.05, 4.69) is 9.97 Å². The highest BCUT2D eigenvalue weighted by molar-refractivity contribution is 7.99. The number of thioether (sulfide) groups is 1. The highest BCUT2D eigenvalue weighted by Gasteiger charge is 2.51. The van der Waals surface area contributed by atoms with Gasteiger partial charge in [0.1, 0.15) is 0 Å². The maximum Gasteiger partial charge on any atom is 0.421 e. The average Bonchev–Trinajstić information content (AvgIpc) is 2.54. The van der Waals surface area contributed by atoms with Crippen LogP contribution >= 0.6 is 35.0 Å². The Bertz CT molecular complexity index is 728. The third kappa shape index (κ3) is 4.86. The number of rotatable bonds is 5. The summed E-state index contributed by atoms with van der Waals surface area (Å²) >= 11 is 12.3. The summed E-state index contributed by atoms with van der Waals surface area (Å²) in [7, 11) is 0. The van der Waals surface area contributed by atoms with Crippen molar-refractivity contribution in [3.05, 3.63) is 58.3 Å². The van der Waals surface area contributed by atoms with Crippen molar-refractivity contribution >= 4 is 41.0 Å².